The largest absolute Gasteiger partial charge is 0.543 e. The summed E-state index contributed by atoms with van der Waals surface area (Å²) in [5.41, 5.74) is 24.6. The number of nitrogens with two attached hydrogens (primary N) is 3. The second-order valence-electron chi connectivity index (χ2n) is 17.6. The Balaban J connectivity index is 0.000000159. The molecular formula is C57H57N7O3S3Si. The standard InChI is InChI=1S/C22H27N3OSSi.C18H16N2OS.C17H14N2OS/c1-22(2,3)28(4,5)26-17-11-12-18-19(14-17)27-21(25-18)9-7-6-8-16-10-13-20(23)24-15-16;1-21-15-10-11-16-17(12-15)22-18(20-16)5-3-2-4-13-6-8-14(19)9-7-13;18-13-7-5-12(6-8-13)3-1-2-4-17-19-15-10-9-14(20)11-16(15)21-17/h6-15H,1-5H3,(H2,23,24);2-12H,19H2,1H3;1-11,20H,18H2/b8-6+,9-7+;4-2+,5-3+;3-1+,4-2+. The van der Waals surface area contributed by atoms with Gasteiger partial charge in [0.25, 0.3) is 0 Å². The van der Waals surface area contributed by atoms with E-state index >= 15 is 0 Å². The Morgan fingerprint density at radius 3 is 1.37 bits per heavy atom. The van der Waals surface area contributed by atoms with E-state index in [0.29, 0.717) is 5.82 Å². The SMILES string of the molecule is CC(C)(C)[Si](C)(C)Oc1ccc2nc(/C=C/C=C/c3ccc(N)nc3)sc2c1.COc1ccc2nc(/C=C/C=C/c3ccc(N)cc3)sc2c1.Nc1ccc(/C=C/C=C/c2nc3ccc(O)cc3s2)cc1. The molecule has 14 heteroatoms. The smallest absolute Gasteiger partial charge is 0.250 e. The van der Waals surface area contributed by atoms with Crippen LogP contribution in [0.25, 0.3) is 67.1 Å². The molecule has 0 aliphatic carbocycles. The predicted octanol–water partition coefficient (Wildman–Crippen LogP) is 15.3. The minimum atomic E-state index is -1.84. The first-order valence-corrected chi connectivity index (χ1v) is 28.1. The molecule has 0 saturated heterocycles. The number of nitrogen functional groups attached to an aromatic ring is 3. The van der Waals surface area contributed by atoms with Gasteiger partial charge in [-0.05, 0) is 144 Å². The van der Waals surface area contributed by atoms with Crippen molar-refractivity contribution in [3.63, 3.8) is 0 Å². The van der Waals surface area contributed by atoms with Gasteiger partial charge in [-0.3, -0.25) is 0 Å². The quantitative estimate of drug-likeness (QED) is 0.0525. The van der Waals surface area contributed by atoms with Gasteiger partial charge in [-0.2, -0.15) is 0 Å². The van der Waals surface area contributed by atoms with E-state index in [4.69, 9.17) is 26.4 Å². The van der Waals surface area contributed by atoms with Crippen molar-refractivity contribution in [2.24, 2.45) is 0 Å². The average molecular weight is 1010 g/mol. The molecule has 4 heterocycles. The number of phenols is 1. The molecule has 0 bridgehead atoms. The van der Waals surface area contributed by atoms with Crippen LogP contribution < -0.4 is 26.4 Å². The lowest BCUT2D eigenvalue weighted by Gasteiger charge is -2.36. The maximum absolute atomic E-state index is 9.44. The highest BCUT2D eigenvalue weighted by Gasteiger charge is 2.39. The number of aromatic nitrogens is 4. The first-order valence-electron chi connectivity index (χ1n) is 22.7. The van der Waals surface area contributed by atoms with Crippen molar-refractivity contribution in [1.82, 2.24) is 19.9 Å². The molecule has 4 aromatic heterocycles. The molecule has 0 unspecified atom stereocenters. The molecule has 9 aromatic rings. The summed E-state index contributed by atoms with van der Waals surface area (Å²) in [5, 5.41) is 12.5. The molecule has 0 saturated carbocycles. The lowest BCUT2D eigenvalue weighted by molar-refractivity contribution is 0.415. The van der Waals surface area contributed by atoms with E-state index in [1.165, 1.54) is 0 Å². The number of methoxy groups -OCH3 is 1. The van der Waals surface area contributed by atoms with Crippen molar-refractivity contribution in [2.45, 2.75) is 38.9 Å². The summed E-state index contributed by atoms with van der Waals surface area (Å²) >= 11 is 4.87. The number of anilines is 3. The third-order valence-electron chi connectivity index (χ3n) is 11.2. The zero-order valence-corrected chi connectivity index (χ0v) is 43.9. The van der Waals surface area contributed by atoms with E-state index < -0.39 is 8.32 Å². The highest BCUT2D eigenvalue weighted by Crippen LogP contribution is 2.38. The second-order valence-corrected chi connectivity index (χ2v) is 25.5. The van der Waals surface area contributed by atoms with E-state index in [1.807, 2.05) is 164 Å². The van der Waals surface area contributed by atoms with Crippen molar-refractivity contribution < 1.29 is 14.3 Å². The number of rotatable bonds is 12. The zero-order valence-electron chi connectivity index (χ0n) is 40.5. The number of pyridine rings is 1. The lowest BCUT2D eigenvalue weighted by atomic mass is 10.2. The van der Waals surface area contributed by atoms with Crippen LogP contribution in [0.4, 0.5) is 17.2 Å². The fourth-order valence-electron chi connectivity index (χ4n) is 6.27. The summed E-state index contributed by atoms with van der Waals surface area (Å²) in [4.78, 5) is 17.8. The number of aromatic hydroxyl groups is 1. The molecule has 0 aliphatic heterocycles. The fourth-order valence-corrected chi connectivity index (χ4v) is 10.0. The number of allylic oxidation sites excluding steroid dienone is 6. The van der Waals surface area contributed by atoms with Gasteiger partial charge in [-0.25, -0.2) is 19.9 Å². The molecule has 71 heavy (non-hydrogen) atoms. The Hall–Kier alpha value is -7.62. The lowest BCUT2D eigenvalue weighted by Crippen LogP contribution is -2.43. The van der Waals surface area contributed by atoms with Gasteiger partial charge in [0.05, 0.1) is 37.8 Å². The molecule has 0 spiro atoms. The van der Waals surface area contributed by atoms with Crippen LogP contribution in [0, 0.1) is 0 Å². The number of hydrogen-bond acceptors (Lipinski definition) is 13. The van der Waals surface area contributed by atoms with Crippen molar-refractivity contribution in [3.8, 4) is 17.2 Å². The Labute approximate surface area is 428 Å². The summed E-state index contributed by atoms with van der Waals surface area (Å²) in [6.07, 6.45) is 25.6. The number of hydrogen-bond donors (Lipinski definition) is 4. The van der Waals surface area contributed by atoms with E-state index in [0.717, 1.165) is 85.2 Å². The van der Waals surface area contributed by atoms with E-state index in [9.17, 15) is 5.11 Å². The van der Waals surface area contributed by atoms with Gasteiger partial charge in [0.1, 0.15) is 38.1 Å². The van der Waals surface area contributed by atoms with Gasteiger partial charge in [-0.15, -0.1) is 34.0 Å². The van der Waals surface area contributed by atoms with Gasteiger partial charge in [0, 0.05) is 17.6 Å². The first-order chi connectivity index (χ1) is 34.1. The summed E-state index contributed by atoms with van der Waals surface area (Å²) in [6.45, 7) is 11.3. The number of thiazole rings is 3. The normalized spacial score (nSPS) is 12.3. The summed E-state index contributed by atoms with van der Waals surface area (Å²) in [6, 6.07) is 36.5. The van der Waals surface area contributed by atoms with Crippen molar-refractivity contribution in [3.05, 3.63) is 190 Å². The Kier molecular flexibility index (Phi) is 17.2. The predicted molar refractivity (Wildman–Crippen MR) is 309 cm³/mol. The molecule has 0 amide bonds. The second kappa shape index (κ2) is 23.8. The third kappa shape index (κ3) is 15.2. The van der Waals surface area contributed by atoms with Crippen LogP contribution in [-0.4, -0.2) is 40.5 Å². The summed E-state index contributed by atoms with van der Waals surface area (Å²) in [7, 11) is -0.168. The van der Waals surface area contributed by atoms with Gasteiger partial charge in [-0.1, -0.05) is 99.7 Å². The maximum atomic E-state index is 9.44. The fraction of sp³-hybridized carbons (Fsp3) is 0.123. The van der Waals surface area contributed by atoms with Crippen molar-refractivity contribution in [1.29, 1.82) is 0 Å². The molecule has 9 rings (SSSR count). The van der Waals surface area contributed by atoms with E-state index in [-0.39, 0.29) is 10.8 Å². The Morgan fingerprint density at radius 1 is 0.507 bits per heavy atom. The highest BCUT2D eigenvalue weighted by atomic mass is 32.1. The summed E-state index contributed by atoms with van der Waals surface area (Å²) in [5.74, 6) is 2.59. The molecule has 0 atom stereocenters. The number of ether oxygens (including phenoxy) is 1. The maximum Gasteiger partial charge on any atom is 0.250 e. The molecule has 10 nitrogen and oxygen atoms in total. The molecular weight excluding hydrogens is 955 g/mol. The minimum absolute atomic E-state index is 0.176. The van der Waals surface area contributed by atoms with Crippen LogP contribution in [0.3, 0.4) is 0 Å². The van der Waals surface area contributed by atoms with E-state index in [1.54, 1.807) is 65.5 Å². The number of fused-ring (bicyclic) bond motifs is 3. The monoisotopic (exact) mass is 1010 g/mol. The molecule has 0 radical (unpaired) electrons. The average Bonchev–Trinajstić information content (AvgIpc) is 4.08. The molecule has 360 valence electrons. The van der Waals surface area contributed by atoms with Gasteiger partial charge < -0.3 is 31.5 Å². The van der Waals surface area contributed by atoms with Crippen molar-refractivity contribution >= 4 is 127 Å². The molecule has 0 aliphatic rings. The van der Waals surface area contributed by atoms with Crippen LogP contribution in [0.5, 0.6) is 17.2 Å². The number of phenolic OH excluding ortho intramolecular Hbond substituents is 1. The number of nitrogens with zero attached hydrogens (tertiary/aromatic N) is 4. The molecule has 7 N–H and O–H groups in total. The topological polar surface area (TPSA) is 168 Å². The van der Waals surface area contributed by atoms with Gasteiger partial charge in [0.15, 0.2) is 0 Å². The number of benzene rings is 5. The first kappa shape index (κ1) is 51.2. The third-order valence-corrected chi connectivity index (χ3v) is 18.5. The van der Waals surface area contributed by atoms with Crippen molar-refractivity contribution in [2.75, 3.05) is 24.3 Å². The van der Waals surface area contributed by atoms with Gasteiger partial charge >= 0.3 is 0 Å². The van der Waals surface area contributed by atoms with Crippen LogP contribution in [0.1, 0.15) is 52.5 Å². The van der Waals surface area contributed by atoms with Gasteiger partial charge in [0.2, 0.25) is 8.32 Å². The minimum Gasteiger partial charge on any atom is -0.543 e. The zero-order chi connectivity index (χ0) is 50.4. The Bertz CT molecular complexity index is 3380. The Morgan fingerprint density at radius 2 is 0.915 bits per heavy atom. The van der Waals surface area contributed by atoms with Crippen LogP contribution >= 0.6 is 34.0 Å². The van der Waals surface area contributed by atoms with Crippen LogP contribution in [0.2, 0.25) is 18.1 Å². The van der Waals surface area contributed by atoms with E-state index in [2.05, 4.69) is 59.9 Å². The molecule has 0 fully saturated rings. The van der Waals surface area contributed by atoms with Crippen LogP contribution in [0.15, 0.2) is 158 Å². The highest BCUT2D eigenvalue weighted by molar-refractivity contribution is 7.20. The molecule has 5 aromatic carbocycles. The van der Waals surface area contributed by atoms with Crippen LogP contribution in [-0.2, 0) is 0 Å². The summed E-state index contributed by atoms with van der Waals surface area (Å²) < 4.78 is 14.9.